The Kier molecular flexibility index (Phi) is 4.02. The maximum atomic E-state index is 14.6. The van der Waals surface area contributed by atoms with E-state index in [4.69, 9.17) is 11.6 Å². The number of carbonyl (C=O) groups excluding carboxylic acids is 1. The lowest BCUT2D eigenvalue weighted by Crippen LogP contribution is -2.34. The topological polar surface area (TPSA) is 59.8 Å². The van der Waals surface area contributed by atoms with Crippen molar-refractivity contribution in [1.29, 1.82) is 0 Å². The fourth-order valence-electron chi connectivity index (χ4n) is 4.13. The van der Waals surface area contributed by atoms with Crippen molar-refractivity contribution in [3.63, 3.8) is 0 Å². The predicted molar refractivity (Wildman–Crippen MR) is 104 cm³/mol. The number of rotatable bonds is 2. The van der Waals surface area contributed by atoms with Gasteiger partial charge in [-0.2, -0.15) is 10.1 Å². The molecule has 2 heterocycles. The number of nitrogens with one attached hydrogen (secondary N) is 1. The molecule has 2 atom stereocenters. The van der Waals surface area contributed by atoms with Gasteiger partial charge in [0.05, 0.1) is 0 Å². The molecule has 1 aliphatic carbocycles. The van der Waals surface area contributed by atoms with Gasteiger partial charge < -0.3 is 5.32 Å². The third-order valence-corrected chi connectivity index (χ3v) is 5.62. The number of nitrogens with zero attached hydrogens (tertiary/aromatic N) is 3. The quantitative estimate of drug-likeness (QED) is 0.695. The molecule has 3 aromatic rings. The fraction of sp³-hybridized carbons (Fsp3) is 0.190. The number of hydrogen-bond donors (Lipinski definition) is 1. The second kappa shape index (κ2) is 6.56. The van der Waals surface area contributed by atoms with Crippen molar-refractivity contribution in [1.82, 2.24) is 14.8 Å². The molecule has 1 aromatic heterocycles. The molecule has 140 valence electrons. The molecule has 0 saturated heterocycles. The second-order valence-corrected chi connectivity index (χ2v) is 7.49. The molecule has 0 bridgehead atoms. The summed E-state index contributed by atoms with van der Waals surface area (Å²) in [7, 11) is 0. The zero-order chi connectivity index (χ0) is 19.3. The summed E-state index contributed by atoms with van der Waals surface area (Å²) in [6.07, 6.45) is 2.38. The molecule has 7 heteroatoms. The normalized spacial score (nSPS) is 21.1. The van der Waals surface area contributed by atoms with Crippen LogP contribution < -0.4 is 5.32 Å². The summed E-state index contributed by atoms with van der Waals surface area (Å²) in [6.45, 7) is 0. The highest BCUT2D eigenvalue weighted by molar-refractivity contribution is 6.30. The van der Waals surface area contributed by atoms with E-state index < -0.39 is 6.04 Å². The number of carbonyl (C=O) groups is 1. The monoisotopic (exact) mass is 394 g/mol. The molecule has 2 aliphatic rings. The average Bonchev–Trinajstić information content (AvgIpc) is 3.15. The molecule has 2 unspecified atom stereocenters. The number of Topliss-reactive ketones (excluding diaryl/α,β-unsaturated/α-hetero) is 1. The smallest absolute Gasteiger partial charge is 0.226 e. The van der Waals surface area contributed by atoms with Crippen LogP contribution in [0.1, 0.15) is 35.9 Å². The van der Waals surface area contributed by atoms with Gasteiger partial charge in [0.2, 0.25) is 5.95 Å². The molecule has 5 rings (SSSR count). The average molecular weight is 395 g/mol. The first-order valence-corrected chi connectivity index (χ1v) is 9.42. The highest BCUT2D eigenvalue weighted by atomic mass is 35.5. The summed E-state index contributed by atoms with van der Waals surface area (Å²) in [6, 6.07) is 13.4. The van der Waals surface area contributed by atoms with Gasteiger partial charge >= 0.3 is 0 Å². The molecule has 1 N–H and O–H groups in total. The molecule has 0 spiro atoms. The molecule has 5 nitrogen and oxygen atoms in total. The summed E-state index contributed by atoms with van der Waals surface area (Å²) in [5.74, 6) is 0.125. The zero-order valence-corrected chi connectivity index (χ0v) is 15.5. The van der Waals surface area contributed by atoms with Crippen LogP contribution in [0.25, 0.3) is 0 Å². The van der Waals surface area contributed by atoms with Crippen LogP contribution in [-0.4, -0.2) is 20.5 Å². The van der Waals surface area contributed by atoms with Crippen molar-refractivity contribution in [2.24, 2.45) is 0 Å². The first kappa shape index (κ1) is 17.1. The van der Waals surface area contributed by atoms with Crippen LogP contribution in [0, 0.1) is 5.82 Å². The van der Waals surface area contributed by atoms with E-state index in [-0.39, 0.29) is 17.5 Å². The van der Waals surface area contributed by atoms with E-state index in [1.807, 2.05) is 24.3 Å². The van der Waals surface area contributed by atoms with Gasteiger partial charge in [0.25, 0.3) is 0 Å². The largest absolute Gasteiger partial charge is 0.328 e. The Labute approximate surface area is 165 Å². The molecule has 0 radical (unpaired) electrons. The van der Waals surface area contributed by atoms with Gasteiger partial charge in [0, 0.05) is 28.3 Å². The first-order chi connectivity index (χ1) is 13.6. The van der Waals surface area contributed by atoms with Gasteiger partial charge in [0.15, 0.2) is 5.78 Å². The lowest BCUT2D eigenvalue weighted by atomic mass is 9.78. The summed E-state index contributed by atoms with van der Waals surface area (Å²) in [4.78, 5) is 17.5. The van der Waals surface area contributed by atoms with Crippen molar-refractivity contribution >= 4 is 23.3 Å². The molecule has 0 amide bonds. The van der Waals surface area contributed by atoms with Gasteiger partial charge in [-0.25, -0.2) is 9.07 Å². The number of halogens is 2. The molecule has 28 heavy (non-hydrogen) atoms. The molecule has 1 aliphatic heterocycles. The van der Waals surface area contributed by atoms with Crippen LogP contribution in [0.4, 0.5) is 10.3 Å². The van der Waals surface area contributed by atoms with Crippen molar-refractivity contribution in [3.05, 3.63) is 88.1 Å². The summed E-state index contributed by atoms with van der Waals surface area (Å²) in [5, 5.41) is 8.12. The number of allylic oxidation sites excluding steroid dienone is 2. The highest BCUT2D eigenvalue weighted by Crippen LogP contribution is 2.44. The van der Waals surface area contributed by atoms with Gasteiger partial charge in [-0.1, -0.05) is 41.9 Å². The Morgan fingerprint density at radius 1 is 1.14 bits per heavy atom. The maximum absolute atomic E-state index is 14.6. The standard InChI is InChI=1S/C21H16ClFN4O/c22-14-5-3-4-12(8-14)13-9-17-19(18(28)10-13)20(15-6-1-2-7-16(15)23)27-21(26-17)24-11-25-27/h1-8,11,13,20H,9-10H2,(H,24,25,26). The van der Waals surface area contributed by atoms with Gasteiger partial charge in [-0.05, 0) is 36.1 Å². The van der Waals surface area contributed by atoms with E-state index in [1.54, 1.807) is 22.9 Å². The Morgan fingerprint density at radius 2 is 2.00 bits per heavy atom. The van der Waals surface area contributed by atoms with Crippen molar-refractivity contribution < 1.29 is 9.18 Å². The van der Waals surface area contributed by atoms with E-state index in [0.29, 0.717) is 34.9 Å². The van der Waals surface area contributed by atoms with Crippen molar-refractivity contribution in [3.8, 4) is 0 Å². The first-order valence-electron chi connectivity index (χ1n) is 9.04. The summed E-state index contributed by atoms with van der Waals surface area (Å²) >= 11 is 6.13. The van der Waals surface area contributed by atoms with E-state index in [2.05, 4.69) is 15.4 Å². The van der Waals surface area contributed by atoms with Gasteiger partial charge in [-0.15, -0.1) is 0 Å². The summed E-state index contributed by atoms with van der Waals surface area (Å²) < 4.78 is 16.2. The number of ketones is 1. The Morgan fingerprint density at radius 3 is 2.82 bits per heavy atom. The predicted octanol–water partition coefficient (Wildman–Crippen LogP) is 4.49. The Hall–Kier alpha value is -2.99. The van der Waals surface area contributed by atoms with Crippen molar-refractivity contribution in [2.75, 3.05) is 5.32 Å². The van der Waals surface area contributed by atoms with E-state index in [9.17, 15) is 9.18 Å². The summed E-state index contributed by atoms with van der Waals surface area (Å²) in [5.41, 5.74) is 2.76. The van der Waals surface area contributed by atoms with Crippen LogP contribution in [0.3, 0.4) is 0 Å². The van der Waals surface area contributed by atoms with Gasteiger partial charge in [0.1, 0.15) is 18.2 Å². The fourth-order valence-corrected chi connectivity index (χ4v) is 4.33. The Bertz CT molecular complexity index is 1120. The van der Waals surface area contributed by atoms with Crippen LogP contribution in [-0.2, 0) is 4.79 Å². The van der Waals surface area contributed by atoms with Crippen LogP contribution in [0.2, 0.25) is 5.02 Å². The van der Waals surface area contributed by atoms with E-state index in [1.165, 1.54) is 12.4 Å². The van der Waals surface area contributed by atoms with E-state index >= 15 is 0 Å². The number of benzene rings is 2. The van der Waals surface area contributed by atoms with Gasteiger partial charge in [-0.3, -0.25) is 4.79 Å². The number of aromatic nitrogens is 3. The second-order valence-electron chi connectivity index (χ2n) is 7.05. The van der Waals surface area contributed by atoms with E-state index in [0.717, 1.165) is 11.3 Å². The maximum Gasteiger partial charge on any atom is 0.226 e. The minimum Gasteiger partial charge on any atom is -0.328 e. The highest BCUT2D eigenvalue weighted by Gasteiger charge is 2.40. The number of hydrogen-bond acceptors (Lipinski definition) is 4. The van der Waals surface area contributed by atoms with Crippen LogP contribution in [0.15, 0.2) is 66.1 Å². The Balaban J connectivity index is 1.62. The van der Waals surface area contributed by atoms with Crippen LogP contribution in [0.5, 0.6) is 0 Å². The minimum atomic E-state index is -0.622. The molecular weight excluding hydrogens is 379 g/mol. The molecule has 2 aromatic carbocycles. The number of anilines is 1. The van der Waals surface area contributed by atoms with Crippen LogP contribution >= 0.6 is 11.6 Å². The minimum absolute atomic E-state index is 0.00758. The third kappa shape index (κ3) is 2.72. The molecule has 0 saturated carbocycles. The zero-order valence-electron chi connectivity index (χ0n) is 14.8. The number of fused-ring (bicyclic) bond motifs is 1. The lowest BCUT2D eigenvalue weighted by Gasteiger charge is -2.35. The molecule has 0 fully saturated rings. The third-order valence-electron chi connectivity index (χ3n) is 5.38. The van der Waals surface area contributed by atoms with Crippen molar-refractivity contribution in [2.45, 2.75) is 24.8 Å². The molecular formula is C21H16ClFN4O. The SMILES string of the molecule is O=C1CC(c2cccc(Cl)c2)CC2=C1C(c1ccccc1F)n1ncnc1N2. The lowest BCUT2D eigenvalue weighted by molar-refractivity contribution is -0.116.